The lowest BCUT2D eigenvalue weighted by molar-refractivity contribution is -0.192. The number of piperidine rings is 1. The van der Waals surface area contributed by atoms with E-state index in [1.165, 1.54) is 11.3 Å². The zero-order chi connectivity index (χ0) is 21.3. The molecule has 7 nitrogen and oxygen atoms in total. The fourth-order valence-corrected chi connectivity index (χ4v) is 3.35. The Bertz CT molecular complexity index is 793. The lowest BCUT2D eigenvalue weighted by atomic mass is 9.98. The number of hydrogen-bond acceptors (Lipinski definition) is 5. The van der Waals surface area contributed by atoms with Gasteiger partial charge in [-0.15, -0.1) is 0 Å². The molecule has 29 heavy (non-hydrogen) atoms. The molecular formula is C18H21F3N4O3S. The van der Waals surface area contributed by atoms with Gasteiger partial charge in [0.1, 0.15) is 0 Å². The Morgan fingerprint density at radius 1 is 1.21 bits per heavy atom. The van der Waals surface area contributed by atoms with Crippen LogP contribution in [0, 0.1) is 5.92 Å². The number of thiazole rings is 1. The maximum Gasteiger partial charge on any atom is 0.490 e. The first-order chi connectivity index (χ1) is 13.8. The van der Waals surface area contributed by atoms with E-state index in [-0.39, 0.29) is 6.03 Å². The van der Waals surface area contributed by atoms with Gasteiger partial charge in [0.25, 0.3) is 0 Å². The predicted octanol–water partition coefficient (Wildman–Crippen LogP) is 3.56. The van der Waals surface area contributed by atoms with Crippen molar-refractivity contribution in [2.45, 2.75) is 19.0 Å². The molecule has 0 saturated carbocycles. The summed E-state index contributed by atoms with van der Waals surface area (Å²) in [7, 11) is 0. The first kappa shape index (κ1) is 22.6. The van der Waals surface area contributed by atoms with Gasteiger partial charge in [-0.05, 0) is 37.4 Å². The van der Waals surface area contributed by atoms with Crippen LogP contribution in [-0.4, -0.2) is 47.9 Å². The van der Waals surface area contributed by atoms with Crippen molar-refractivity contribution >= 4 is 28.5 Å². The van der Waals surface area contributed by atoms with Gasteiger partial charge in [0.15, 0.2) is 5.13 Å². The van der Waals surface area contributed by atoms with E-state index < -0.39 is 12.1 Å². The van der Waals surface area contributed by atoms with Gasteiger partial charge in [-0.25, -0.2) is 14.6 Å². The number of benzene rings is 1. The zero-order valence-electron chi connectivity index (χ0n) is 15.3. The van der Waals surface area contributed by atoms with Crippen LogP contribution >= 0.6 is 11.3 Å². The molecule has 0 atom stereocenters. The number of anilines is 1. The molecule has 0 radical (unpaired) electrons. The molecule has 3 rings (SSSR count). The normalized spacial score (nSPS) is 14.4. The second-order valence-corrected chi connectivity index (χ2v) is 7.26. The molecule has 2 amide bonds. The second kappa shape index (κ2) is 10.8. The summed E-state index contributed by atoms with van der Waals surface area (Å²) in [6.45, 7) is 2.81. The Balaban J connectivity index is 0.000000370. The number of carbonyl (C=O) groups excluding carboxylic acids is 1. The van der Waals surface area contributed by atoms with Crippen LogP contribution in [0.4, 0.5) is 23.1 Å². The summed E-state index contributed by atoms with van der Waals surface area (Å²) in [5.74, 6) is -2.18. The number of urea groups is 1. The van der Waals surface area contributed by atoms with Crippen LogP contribution in [-0.2, 0) is 4.79 Å². The van der Waals surface area contributed by atoms with Gasteiger partial charge in [-0.3, -0.25) is 5.32 Å². The van der Waals surface area contributed by atoms with Gasteiger partial charge in [0.2, 0.25) is 0 Å². The van der Waals surface area contributed by atoms with Crippen molar-refractivity contribution in [2.24, 2.45) is 5.92 Å². The monoisotopic (exact) mass is 430 g/mol. The molecule has 158 valence electrons. The highest BCUT2D eigenvalue weighted by Gasteiger charge is 2.38. The largest absolute Gasteiger partial charge is 0.490 e. The van der Waals surface area contributed by atoms with E-state index >= 15 is 0 Å². The summed E-state index contributed by atoms with van der Waals surface area (Å²) in [5.41, 5.74) is 1.11. The molecule has 0 bridgehead atoms. The Morgan fingerprint density at radius 3 is 2.41 bits per heavy atom. The first-order valence-electron chi connectivity index (χ1n) is 8.82. The number of nitrogens with zero attached hydrogens (tertiary/aromatic N) is 1. The molecule has 4 N–H and O–H groups in total. The van der Waals surface area contributed by atoms with Crippen molar-refractivity contribution in [1.82, 2.24) is 15.6 Å². The van der Waals surface area contributed by atoms with Crippen molar-refractivity contribution in [2.75, 3.05) is 25.0 Å². The van der Waals surface area contributed by atoms with Crippen LogP contribution in [0.15, 0.2) is 36.5 Å². The molecule has 11 heteroatoms. The molecule has 1 saturated heterocycles. The highest BCUT2D eigenvalue weighted by molar-refractivity contribution is 7.19. The highest BCUT2D eigenvalue weighted by atomic mass is 32.1. The molecule has 1 aliphatic rings. The molecule has 1 aromatic carbocycles. The number of carboxylic acid groups (broad SMARTS) is 1. The predicted molar refractivity (Wildman–Crippen MR) is 104 cm³/mol. The number of hydrogen-bond donors (Lipinski definition) is 4. The molecule has 0 spiro atoms. The maximum atomic E-state index is 11.9. The van der Waals surface area contributed by atoms with E-state index in [2.05, 4.69) is 20.9 Å². The number of aromatic nitrogens is 1. The molecule has 0 unspecified atom stereocenters. The van der Waals surface area contributed by atoms with Crippen LogP contribution < -0.4 is 16.0 Å². The number of carboxylic acids is 1. The van der Waals surface area contributed by atoms with E-state index in [9.17, 15) is 18.0 Å². The van der Waals surface area contributed by atoms with Gasteiger partial charge in [-0.1, -0.05) is 41.7 Å². The fraction of sp³-hybridized carbons (Fsp3) is 0.389. The Hall–Kier alpha value is -2.66. The lowest BCUT2D eigenvalue weighted by Crippen LogP contribution is -2.37. The highest BCUT2D eigenvalue weighted by Crippen LogP contribution is 2.28. The Morgan fingerprint density at radius 2 is 1.83 bits per heavy atom. The van der Waals surface area contributed by atoms with Gasteiger partial charge < -0.3 is 15.7 Å². The average molecular weight is 430 g/mol. The fourth-order valence-electron chi connectivity index (χ4n) is 2.53. The maximum absolute atomic E-state index is 11.9. The van der Waals surface area contributed by atoms with Crippen LogP contribution in [0.5, 0.6) is 0 Å². The van der Waals surface area contributed by atoms with Gasteiger partial charge in [0.05, 0.1) is 4.88 Å². The third-order valence-corrected chi connectivity index (χ3v) is 5.00. The number of rotatable bonds is 4. The number of alkyl halides is 3. The smallest absolute Gasteiger partial charge is 0.475 e. The topological polar surface area (TPSA) is 103 Å². The summed E-state index contributed by atoms with van der Waals surface area (Å²) >= 11 is 1.48. The first-order valence-corrected chi connectivity index (χ1v) is 9.64. The zero-order valence-corrected chi connectivity index (χ0v) is 16.1. The van der Waals surface area contributed by atoms with E-state index in [1.807, 2.05) is 30.3 Å². The summed E-state index contributed by atoms with van der Waals surface area (Å²) in [4.78, 5) is 26.1. The van der Waals surface area contributed by atoms with Gasteiger partial charge in [-0.2, -0.15) is 13.2 Å². The van der Waals surface area contributed by atoms with E-state index in [4.69, 9.17) is 9.90 Å². The summed E-state index contributed by atoms with van der Waals surface area (Å²) < 4.78 is 31.7. The molecule has 1 aliphatic heterocycles. The lowest BCUT2D eigenvalue weighted by Gasteiger charge is -2.22. The summed E-state index contributed by atoms with van der Waals surface area (Å²) in [6, 6.07) is 9.87. The number of carbonyl (C=O) groups is 2. The second-order valence-electron chi connectivity index (χ2n) is 6.23. The summed E-state index contributed by atoms with van der Waals surface area (Å²) in [5, 5.41) is 16.8. The molecule has 1 aromatic heterocycles. The average Bonchev–Trinajstić information content (AvgIpc) is 3.16. The van der Waals surface area contributed by atoms with E-state index in [1.54, 1.807) is 6.20 Å². The van der Waals surface area contributed by atoms with Crippen molar-refractivity contribution in [3.05, 3.63) is 36.5 Å². The molecule has 1 fully saturated rings. The van der Waals surface area contributed by atoms with E-state index in [0.29, 0.717) is 11.0 Å². The van der Waals surface area contributed by atoms with Crippen molar-refractivity contribution < 1.29 is 27.9 Å². The van der Waals surface area contributed by atoms with Crippen LogP contribution in [0.2, 0.25) is 0 Å². The molecule has 2 aromatic rings. The minimum Gasteiger partial charge on any atom is -0.475 e. The third kappa shape index (κ3) is 8.08. The quantitative estimate of drug-likeness (QED) is 0.594. The van der Waals surface area contributed by atoms with Gasteiger partial charge >= 0.3 is 18.2 Å². The summed E-state index contributed by atoms with van der Waals surface area (Å²) in [6.07, 6.45) is -1.05. The number of nitrogens with one attached hydrogen (secondary N) is 3. The standard InChI is InChI=1S/C16H20N4OS.C2HF3O2/c21-15(18-10-12-6-8-17-9-7-12)20-16-19-11-14(22-16)13-4-2-1-3-5-13;3-2(4,5)1(6)7/h1-5,11-12,17H,6-10H2,(H2,18,19,20,21);(H,6,7). The number of halogens is 3. The van der Waals surface area contributed by atoms with E-state index in [0.717, 1.165) is 42.9 Å². The van der Waals surface area contributed by atoms with Crippen LogP contribution in [0.25, 0.3) is 10.4 Å². The molecule has 2 heterocycles. The van der Waals surface area contributed by atoms with Crippen LogP contribution in [0.1, 0.15) is 12.8 Å². The Labute approximate surface area is 169 Å². The molecule has 0 aliphatic carbocycles. The molecular weight excluding hydrogens is 409 g/mol. The third-order valence-electron chi connectivity index (χ3n) is 4.04. The number of aliphatic carboxylic acids is 1. The number of amides is 2. The minimum absolute atomic E-state index is 0.174. The van der Waals surface area contributed by atoms with Crippen LogP contribution in [0.3, 0.4) is 0 Å². The minimum atomic E-state index is -5.08. The Kier molecular flexibility index (Phi) is 8.40. The van der Waals surface area contributed by atoms with Crippen molar-refractivity contribution in [1.29, 1.82) is 0 Å². The van der Waals surface area contributed by atoms with Gasteiger partial charge in [0, 0.05) is 12.7 Å². The van der Waals surface area contributed by atoms with Crippen molar-refractivity contribution in [3.63, 3.8) is 0 Å². The van der Waals surface area contributed by atoms with Crippen molar-refractivity contribution in [3.8, 4) is 10.4 Å². The SMILES string of the molecule is O=C(NCC1CCNCC1)Nc1ncc(-c2ccccc2)s1.O=C(O)C(F)(F)F.